The van der Waals surface area contributed by atoms with Gasteiger partial charge in [-0.05, 0) is 75.9 Å². The maximum absolute atomic E-state index is 13.7. The molecule has 0 aliphatic carbocycles. The van der Waals surface area contributed by atoms with Crippen molar-refractivity contribution in [3.05, 3.63) is 71.2 Å². The molecule has 1 aliphatic heterocycles. The number of aryl methyl sites for hydroxylation is 2. The molecule has 0 unspecified atom stereocenters. The van der Waals surface area contributed by atoms with Crippen molar-refractivity contribution in [3.8, 4) is 16.9 Å². The van der Waals surface area contributed by atoms with Crippen LogP contribution in [0.5, 0.6) is 0 Å². The largest absolute Gasteiger partial charge is 0.416 e. The first-order chi connectivity index (χ1) is 19.5. The van der Waals surface area contributed by atoms with E-state index in [0.717, 1.165) is 61.3 Å². The molecular weight excluding hydrogens is 533 g/mol. The lowest BCUT2D eigenvalue weighted by molar-refractivity contribution is -0.137. The van der Waals surface area contributed by atoms with Crippen molar-refractivity contribution < 1.29 is 18.0 Å². The first-order valence-corrected chi connectivity index (χ1v) is 13.4. The molecule has 2 aromatic heterocycles. The predicted molar refractivity (Wildman–Crippen MR) is 151 cm³/mol. The van der Waals surface area contributed by atoms with Crippen LogP contribution in [0.4, 0.5) is 24.5 Å². The fourth-order valence-electron chi connectivity index (χ4n) is 4.84. The van der Waals surface area contributed by atoms with Gasteiger partial charge in [-0.25, -0.2) is 9.67 Å². The zero-order chi connectivity index (χ0) is 29.3. The third-order valence-electron chi connectivity index (χ3n) is 7.33. The van der Waals surface area contributed by atoms with Crippen LogP contribution in [0.1, 0.15) is 53.4 Å². The van der Waals surface area contributed by atoms with E-state index in [1.165, 1.54) is 6.07 Å². The molecule has 9 nitrogen and oxygen atoms in total. The second-order valence-electron chi connectivity index (χ2n) is 10.2. The maximum atomic E-state index is 13.7. The van der Waals surface area contributed by atoms with Gasteiger partial charge in [-0.15, -0.1) is 5.10 Å². The van der Waals surface area contributed by atoms with Gasteiger partial charge in [-0.1, -0.05) is 11.3 Å². The number of hydrogen-bond acceptors (Lipinski definition) is 5. The van der Waals surface area contributed by atoms with Crippen molar-refractivity contribution in [3.63, 3.8) is 0 Å². The fraction of sp³-hybridized carbons (Fsp3) is 0.345. The molecule has 0 saturated carbocycles. The summed E-state index contributed by atoms with van der Waals surface area (Å²) in [5.41, 5.74) is 3.35. The van der Waals surface area contributed by atoms with E-state index in [2.05, 4.69) is 30.6 Å². The Kier molecular flexibility index (Phi) is 7.65. The smallest absolute Gasteiger partial charge is 0.360 e. The first-order valence-electron chi connectivity index (χ1n) is 13.4. The number of piperidine rings is 1. The summed E-state index contributed by atoms with van der Waals surface area (Å²) in [5, 5.41) is 15.4. The minimum absolute atomic E-state index is 0.00670. The fourth-order valence-corrected chi connectivity index (χ4v) is 4.84. The molecule has 41 heavy (non-hydrogen) atoms. The highest BCUT2D eigenvalue weighted by atomic mass is 19.4. The number of likely N-dealkylation sites (tertiary alicyclic amines) is 1. The molecule has 1 N–H and O–H groups in total. The van der Waals surface area contributed by atoms with Crippen molar-refractivity contribution in [1.29, 1.82) is 0 Å². The van der Waals surface area contributed by atoms with Crippen molar-refractivity contribution >= 4 is 23.1 Å². The molecule has 1 fully saturated rings. The van der Waals surface area contributed by atoms with Gasteiger partial charge in [0.2, 0.25) is 0 Å². The van der Waals surface area contributed by atoms with Gasteiger partial charge >= 0.3 is 6.18 Å². The molecule has 5 rings (SSSR count). The summed E-state index contributed by atoms with van der Waals surface area (Å²) in [6.07, 6.45) is 2.03. The van der Waals surface area contributed by atoms with Gasteiger partial charge in [-0.2, -0.15) is 18.3 Å². The number of halogens is 3. The number of rotatable bonds is 5. The molecule has 4 aromatic rings. The molecule has 1 aliphatic rings. The molecule has 3 heterocycles. The van der Waals surface area contributed by atoms with E-state index < -0.39 is 17.6 Å². The van der Waals surface area contributed by atoms with Crippen molar-refractivity contribution in [1.82, 2.24) is 29.7 Å². The van der Waals surface area contributed by atoms with Gasteiger partial charge < -0.3 is 10.2 Å². The van der Waals surface area contributed by atoms with Crippen molar-refractivity contribution in [2.75, 3.05) is 18.4 Å². The molecule has 1 amide bonds. The Morgan fingerprint density at radius 3 is 2.49 bits per heavy atom. The number of nitrogens with zero attached hydrogens (tertiary/aromatic N) is 7. The molecule has 0 spiro atoms. The SMILES string of the molecule is CC(=Nc1cc(NC(=O)c2ccc(C)c(-n3cc(-c4cnn(C)c4C)nn3)c2)cc(C(F)(F)F)c1)N1CCCCC1. The Balaban J connectivity index is 1.42. The van der Waals surface area contributed by atoms with Crippen molar-refractivity contribution in [2.24, 2.45) is 12.0 Å². The van der Waals surface area contributed by atoms with Gasteiger partial charge in [0.05, 0.1) is 29.3 Å². The molecule has 0 bridgehead atoms. The van der Waals surface area contributed by atoms with E-state index >= 15 is 0 Å². The lowest BCUT2D eigenvalue weighted by atomic mass is 10.1. The number of alkyl halides is 3. The molecule has 1 saturated heterocycles. The van der Waals surface area contributed by atoms with E-state index in [4.69, 9.17) is 0 Å². The average molecular weight is 565 g/mol. The average Bonchev–Trinajstić information content (AvgIpc) is 3.55. The number of aliphatic imine (C=N–C) groups is 1. The second-order valence-corrected chi connectivity index (χ2v) is 10.2. The summed E-state index contributed by atoms with van der Waals surface area (Å²) in [6, 6.07) is 8.37. The lowest BCUT2D eigenvalue weighted by Crippen LogP contribution is -2.33. The van der Waals surface area contributed by atoms with Crippen LogP contribution in [0.15, 0.2) is 53.8 Å². The Labute approximate surface area is 235 Å². The lowest BCUT2D eigenvalue weighted by Gasteiger charge is -2.28. The van der Waals surface area contributed by atoms with Crippen LogP contribution in [0.3, 0.4) is 0 Å². The van der Waals surface area contributed by atoms with E-state index in [1.54, 1.807) is 46.9 Å². The van der Waals surface area contributed by atoms with Gasteiger partial charge in [-0.3, -0.25) is 9.48 Å². The third kappa shape index (κ3) is 6.16. The summed E-state index contributed by atoms with van der Waals surface area (Å²) >= 11 is 0. The van der Waals surface area contributed by atoms with Gasteiger partial charge in [0.25, 0.3) is 5.91 Å². The van der Waals surface area contributed by atoms with Crippen LogP contribution in [0.25, 0.3) is 16.9 Å². The van der Waals surface area contributed by atoms with Gasteiger partial charge in [0.15, 0.2) is 0 Å². The highest BCUT2D eigenvalue weighted by molar-refractivity contribution is 6.05. The summed E-state index contributed by atoms with van der Waals surface area (Å²) < 4.78 is 44.5. The first kappa shape index (κ1) is 28.1. The number of hydrogen-bond donors (Lipinski definition) is 1. The Bertz CT molecular complexity index is 1610. The topological polar surface area (TPSA) is 93.2 Å². The van der Waals surface area contributed by atoms with Crippen LogP contribution in [-0.4, -0.2) is 54.5 Å². The van der Waals surface area contributed by atoms with Gasteiger partial charge in [0.1, 0.15) is 11.5 Å². The maximum Gasteiger partial charge on any atom is 0.416 e. The van der Waals surface area contributed by atoms with Crippen LogP contribution in [0, 0.1) is 13.8 Å². The van der Waals surface area contributed by atoms with E-state index in [0.29, 0.717) is 17.2 Å². The number of amides is 1. The molecule has 2 aromatic carbocycles. The van der Waals surface area contributed by atoms with Gasteiger partial charge in [0, 0.05) is 42.6 Å². The Morgan fingerprint density at radius 2 is 1.80 bits per heavy atom. The zero-order valence-corrected chi connectivity index (χ0v) is 23.3. The quantitative estimate of drug-likeness (QED) is 0.234. The zero-order valence-electron chi connectivity index (χ0n) is 23.3. The van der Waals surface area contributed by atoms with E-state index in [1.807, 2.05) is 20.9 Å². The standard InChI is InChI=1S/C29H31F3N8O/c1-18-8-9-21(12-27(18)40-17-26(36-37-40)25-16-33-38(4)19(25)2)28(41)35-24-14-22(29(30,31)32)13-23(15-24)34-20(3)39-10-6-5-7-11-39/h8-9,12-17H,5-7,10-11H2,1-4H3,(H,35,41). The molecule has 12 heteroatoms. The summed E-state index contributed by atoms with van der Waals surface area (Å²) in [5.74, 6) is 0.0925. The molecule has 0 radical (unpaired) electrons. The molecule has 0 atom stereocenters. The van der Waals surface area contributed by atoms with Crippen LogP contribution in [0.2, 0.25) is 0 Å². The second kappa shape index (κ2) is 11.2. The summed E-state index contributed by atoms with van der Waals surface area (Å²) in [6.45, 7) is 7.24. The highest BCUT2D eigenvalue weighted by Crippen LogP contribution is 2.35. The number of amidine groups is 1. The number of carbonyl (C=O) groups is 1. The number of anilines is 1. The Hall–Kier alpha value is -4.48. The minimum atomic E-state index is -4.60. The van der Waals surface area contributed by atoms with Crippen LogP contribution < -0.4 is 5.32 Å². The van der Waals surface area contributed by atoms with Crippen LogP contribution >= 0.6 is 0 Å². The van der Waals surface area contributed by atoms with E-state index in [-0.39, 0.29) is 16.9 Å². The minimum Gasteiger partial charge on any atom is -0.360 e. The number of carbonyl (C=O) groups excluding carboxylic acids is 1. The Morgan fingerprint density at radius 1 is 1.05 bits per heavy atom. The summed E-state index contributed by atoms with van der Waals surface area (Å²) in [4.78, 5) is 19.8. The normalized spacial score (nSPS) is 14.4. The number of benzene rings is 2. The third-order valence-corrected chi connectivity index (χ3v) is 7.33. The molecule has 214 valence electrons. The number of nitrogens with one attached hydrogen (secondary N) is 1. The van der Waals surface area contributed by atoms with E-state index in [9.17, 15) is 18.0 Å². The highest BCUT2D eigenvalue weighted by Gasteiger charge is 2.31. The monoisotopic (exact) mass is 564 g/mol. The number of aromatic nitrogens is 5. The molecular formula is C29H31F3N8O. The van der Waals surface area contributed by atoms with Crippen LogP contribution in [-0.2, 0) is 13.2 Å². The van der Waals surface area contributed by atoms with Crippen molar-refractivity contribution in [2.45, 2.75) is 46.2 Å². The summed E-state index contributed by atoms with van der Waals surface area (Å²) in [7, 11) is 1.84. The predicted octanol–water partition coefficient (Wildman–Crippen LogP) is 6.09.